The van der Waals surface area contributed by atoms with Crippen LogP contribution >= 0.6 is 0 Å². The number of para-hydroxylation sites is 1. The van der Waals surface area contributed by atoms with Gasteiger partial charge in [-0.15, -0.1) is 0 Å². The van der Waals surface area contributed by atoms with Crippen molar-refractivity contribution in [2.45, 2.75) is 17.1 Å². The number of sulfone groups is 1. The van der Waals surface area contributed by atoms with E-state index in [-0.39, 0.29) is 4.90 Å². The summed E-state index contributed by atoms with van der Waals surface area (Å²) < 4.78 is 34.1. The smallest absolute Gasteiger partial charge is 0.189 e. The number of fused-ring (bicyclic) bond motifs is 1. The molecular formula is C29H25NO3S. The van der Waals surface area contributed by atoms with Crippen LogP contribution in [0.4, 0.5) is 0 Å². The summed E-state index contributed by atoms with van der Waals surface area (Å²) in [4.78, 5) is 3.78. The first-order chi connectivity index (χ1) is 16.5. The van der Waals surface area contributed by atoms with Crippen LogP contribution in [-0.2, 0) is 9.84 Å². The fraction of sp³-hybridized carbons (Fsp3) is 0.103. The highest BCUT2D eigenvalue weighted by atomic mass is 32.2. The van der Waals surface area contributed by atoms with Gasteiger partial charge >= 0.3 is 0 Å². The van der Waals surface area contributed by atoms with Crippen LogP contribution < -0.4 is 4.74 Å². The molecule has 0 saturated heterocycles. The number of ether oxygens (including phenoxy) is 1. The van der Waals surface area contributed by atoms with Crippen LogP contribution in [0.25, 0.3) is 22.2 Å². The lowest BCUT2D eigenvalue weighted by molar-refractivity contribution is 0.414. The van der Waals surface area contributed by atoms with Crippen molar-refractivity contribution in [3.63, 3.8) is 0 Å². The van der Waals surface area contributed by atoms with Crippen molar-refractivity contribution in [2.75, 3.05) is 7.11 Å². The Balaban J connectivity index is 1.86. The fourth-order valence-electron chi connectivity index (χ4n) is 4.44. The van der Waals surface area contributed by atoms with Gasteiger partial charge in [0.2, 0.25) is 0 Å². The van der Waals surface area contributed by atoms with Gasteiger partial charge in [0.25, 0.3) is 0 Å². The van der Waals surface area contributed by atoms with E-state index in [1.54, 1.807) is 19.2 Å². The number of aromatic amines is 1. The molecule has 4 nitrogen and oxygen atoms in total. The lowest BCUT2D eigenvalue weighted by Gasteiger charge is -2.21. The van der Waals surface area contributed by atoms with E-state index >= 15 is 0 Å². The van der Waals surface area contributed by atoms with Crippen molar-refractivity contribution in [2.24, 2.45) is 0 Å². The molecule has 4 aromatic carbocycles. The van der Waals surface area contributed by atoms with Crippen LogP contribution in [0.15, 0.2) is 108 Å². The molecule has 5 heteroatoms. The van der Waals surface area contributed by atoms with Gasteiger partial charge in [-0.2, -0.15) is 0 Å². The van der Waals surface area contributed by atoms with Crippen LogP contribution in [0, 0.1) is 6.92 Å². The maximum atomic E-state index is 14.3. The summed E-state index contributed by atoms with van der Waals surface area (Å²) in [5.74, 6) is 0.614. The van der Waals surface area contributed by atoms with Crippen LogP contribution in [-0.4, -0.2) is 20.5 Å². The summed E-state index contributed by atoms with van der Waals surface area (Å²) in [5, 5.41) is -0.0541. The average molecular weight is 468 g/mol. The number of aromatic nitrogens is 1. The molecule has 1 atom stereocenters. The number of H-pyrrole nitrogens is 1. The first-order valence-corrected chi connectivity index (χ1v) is 12.6. The summed E-state index contributed by atoms with van der Waals surface area (Å²) in [6.45, 7) is 1.95. The molecule has 0 amide bonds. The maximum Gasteiger partial charge on any atom is 0.189 e. The lowest BCUT2D eigenvalue weighted by Crippen LogP contribution is -2.16. The monoisotopic (exact) mass is 467 g/mol. The Kier molecular flexibility index (Phi) is 5.72. The van der Waals surface area contributed by atoms with Gasteiger partial charge in [0.05, 0.1) is 17.7 Å². The molecule has 5 aromatic rings. The number of hydrogen-bond acceptors (Lipinski definition) is 3. The van der Waals surface area contributed by atoms with E-state index in [0.717, 1.165) is 33.3 Å². The summed E-state index contributed by atoms with van der Waals surface area (Å²) in [6.07, 6.45) is 0. The molecule has 34 heavy (non-hydrogen) atoms. The molecule has 0 fully saturated rings. The molecule has 1 unspecified atom stereocenters. The number of rotatable bonds is 6. The van der Waals surface area contributed by atoms with E-state index < -0.39 is 15.1 Å². The third-order valence-electron chi connectivity index (χ3n) is 6.13. The van der Waals surface area contributed by atoms with Crippen LogP contribution in [0.1, 0.15) is 21.9 Å². The molecule has 0 spiro atoms. The van der Waals surface area contributed by atoms with Crippen molar-refractivity contribution in [1.29, 1.82) is 0 Å². The second-order valence-corrected chi connectivity index (χ2v) is 10.4. The number of benzene rings is 4. The Morgan fingerprint density at radius 1 is 0.794 bits per heavy atom. The highest BCUT2D eigenvalue weighted by Gasteiger charge is 2.35. The average Bonchev–Trinajstić information content (AvgIpc) is 3.24. The number of nitrogens with one attached hydrogen (secondary N) is 1. The summed E-state index contributed by atoms with van der Waals surface area (Å²) in [6, 6.07) is 32.1. The molecular weight excluding hydrogens is 442 g/mol. The standard InChI is InChI=1S/C29H25NO3S/c1-20-15-17-24(18-16-20)34(31,32)29(22-11-8-12-23(19-22)33-2)27-25-13-6-7-14-26(25)30-28(27)21-9-4-3-5-10-21/h3-19,29-30H,1-2H3. The molecule has 1 N–H and O–H groups in total. The zero-order chi connectivity index (χ0) is 23.7. The lowest BCUT2D eigenvalue weighted by atomic mass is 9.98. The number of hydrogen-bond donors (Lipinski definition) is 1. The number of methoxy groups -OCH3 is 1. The minimum Gasteiger partial charge on any atom is -0.497 e. The van der Waals surface area contributed by atoms with Gasteiger partial charge in [-0.1, -0.05) is 78.4 Å². The normalized spacial score (nSPS) is 12.5. The minimum absolute atomic E-state index is 0.287. The zero-order valence-corrected chi connectivity index (χ0v) is 19.8. The van der Waals surface area contributed by atoms with Gasteiger partial charge in [0, 0.05) is 16.5 Å². The maximum absolute atomic E-state index is 14.3. The molecule has 0 saturated carbocycles. The molecule has 170 valence electrons. The zero-order valence-electron chi connectivity index (χ0n) is 19.0. The largest absolute Gasteiger partial charge is 0.497 e. The van der Waals surface area contributed by atoms with Crippen molar-refractivity contribution in [3.8, 4) is 17.0 Å². The van der Waals surface area contributed by atoms with Gasteiger partial charge in [-0.05, 0) is 48.4 Å². The summed E-state index contributed by atoms with van der Waals surface area (Å²) >= 11 is 0. The summed E-state index contributed by atoms with van der Waals surface area (Å²) in [7, 11) is -2.23. The molecule has 1 heterocycles. The predicted octanol–water partition coefficient (Wildman–Crippen LogP) is 6.72. The minimum atomic E-state index is -3.82. The van der Waals surface area contributed by atoms with E-state index in [2.05, 4.69) is 4.98 Å². The van der Waals surface area contributed by atoms with Gasteiger partial charge in [0.1, 0.15) is 11.0 Å². The van der Waals surface area contributed by atoms with Gasteiger partial charge in [-0.25, -0.2) is 8.42 Å². The van der Waals surface area contributed by atoms with Crippen LogP contribution in [0.3, 0.4) is 0 Å². The third-order valence-corrected chi connectivity index (χ3v) is 8.18. The van der Waals surface area contributed by atoms with E-state index in [9.17, 15) is 8.42 Å². The number of aryl methyl sites for hydroxylation is 1. The quantitative estimate of drug-likeness (QED) is 0.302. The van der Waals surface area contributed by atoms with E-state index in [1.807, 2.05) is 97.9 Å². The first-order valence-electron chi connectivity index (χ1n) is 11.1. The van der Waals surface area contributed by atoms with Gasteiger partial charge < -0.3 is 9.72 Å². The molecule has 0 aliphatic rings. The Labute approximate surface area is 199 Å². The Morgan fingerprint density at radius 3 is 2.24 bits per heavy atom. The Hall–Kier alpha value is -3.83. The van der Waals surface area contributed by atoms with Crippen LogP contribution in [0.2, 0.25) is 0 Å². The van der Waals surface area contributed by atoms with Crippen LogP contribution in [0.5, 0.6) is 5.75 Å². The van der Waals surface area contributed by atoms with E-state index in [4.69, 9.17) is 4.74 Å². The van der Waals surface area contributed by atoms with Gasteiger partial charge in [0.15, 0.2) is 9.84 Å². The second-order valence-electron chi connectivity index (χ2n) is 8.34. The van der Waals surface area contributed by atoms with Crippen molar-refractivity contribution >= 4 is 20.7 Å². The molecule has 0 aliphatic heterocycles. The SMILES string of the molecule is COc1cccc(C(c2c(-c3ccccc3)[nH]c3ccccc23)S(=O)(=O)c2ccc(C)cc2)c1. The van der Waals surface area contributed by atoms with Crippen molar-refractivity contribution in [1.82, 2.24) is 4.98 Å². The highest BCUT2D eigenvalue weighted by Crippen LogP contribution is 2.44. The second kappa shape index (κ2) is 8.84. The topological polar surface area (TPSA) is 59.2 Å². The molecule has 0 radical (unpaired) electrons. The van der Waals surface area contributed by atoms with Gasteiger partial charge in [-0.3, -0.25) is 0 Å². The van der Waals surface area contributed by atoms with Crippen molar-refractivity contribution in [3.05, 3.63) is 120 Å². The summed E-state index contributed by atoms with van der Waals surface area (Å²) in [5.41, 5.74) is 5.01. The van der Waals surface area contributed by atoms with E-state index in [0.29, 0.717) is 11.3 Å². The third kappa shape index (κ3) is 3.88. The van der Waals surface area contributed by atoms with Crippen molar-refractivity contribution < 1.29 is 13.2 Å². The molecule has 0 bridgehead atoms. The predicted molar refractivity (Wildman–Crippen MR) is 137 cm³/mol. The highest BCUT2D eigenvalue weighted by molar-refractivity contribution is 7.92. The molecule has 0 aliphatic carbocycles. The Bertz CT molecular complexity index is 1550. The molecule has 5 rings (SSSR count). The van der Waals surface area contributed by atoms with E-state index in [1.165, 1.54) is 0 Å². The molecule has 1 aromatic heterocycles. The Morgan fingerprint density at radius 2 is 1.50 bits per heavy atom. The fourth-order valence-corrected chi connectivity index (χ4v) is 6.29. The first kappa shape index (κ1) is 22.0.